The largest absolute Gasteiger partial charge is 0.476 e. The Labute approximate surface area is 300 Å². The normalized spacial score (nSPS) is 21.9. The number of nitrogens with zero attached hydrogens (tertiary/aromatic N) is 4. The van der Waals surface area contributed by atoms with E-state index in [0.29, 0.717) is 18.5 Å². The van der Waals surface area contributed by atoms with Crippen molar-refractivity contribution >= 4 is 59.4 Å². The molecule has 0 aliphatic carbocycles. The second-order valence-electron chi connectivity index (χ2n) is 12.1. The number of hydrogen-bond donors (Lipinski definition) is 4. The molecule has 0 radical (unpaired) electrons. The van der Waals surface area contributed by atoms with Crippen LogP contribution in [0.25, 0.3) is 11.2 Å². The highest BCUT2D eigenvalue weighted by molar-refractivity contribution is 8.13. The Bertz CT molecular complexity index is 1650. The molecule has 50 heavy (non-hydrogen) atoms. The van der Waals surface area contributed by atoms with Gasteiger partial charge in [0.25, 0.3) is 0 Å². The number of alkyl halides is 1. The van der Waals surface area contributed by atoms with Crippen LogP contribution in [0.2, 0.25) is 0 Å². The lowest BCUT2D eigenvalue weighted by atomic mass is 9.91. The number of benzene rings is 1. The van der Waals surface area contributed by atoms with E-state index in [1.807, 2.05) is 30.3 Å². The summed E-state index contributed by atoms with van der Waals surface area (Å²) in [6.45, 7) is 9.20. The van der Waals surface area contributed by atoms with E-state index in [1.165, 1.54) is 10.9 Å². The first-order valence-corrected chi connectivity index (χ1v) is 19.0. The van der Waals surface area contributed by atoms with Crippen molar-refractivity contribution in [3.63, 3.8) is 0 Å². The molecule has 0 spiro atoms. The van der Waals surface area contributed by atoms with Crippen molar-refractivity contribution in [2.45, 2.75) is 70.9 Å². The zero-order chi connectivity index (χ0) is 36.5. The number of carbonyl (C=O) groups is 2. The van der Waals surface area contributed by atoms with Crippen LogP contribution in [0.3, 0.4) is 0 Å². The van der Waals surface area contributed by atoms with Crippen LogP contribution in [0.4, 0.5) is 10.7 Å². The Balaban J connectivity index is 1.40. The van der Waals surface area contributed by atoms with Gasteiger partial charge in [0.2, 0.25) is 11.8 Å². The van der Waals surface area contributed by atoms with Crippen molar-refractivity contribution in [2.75, 3.05) is 44.5 Å². The van der Waals surface area contributed by atoms with E-state index in [4.69, 9.17) is 40.6 Å². The number of thioether (sulfide) groups is 1. The van der Waals surface area contributed by atoms with Crippen molar-refractivity contribution in [3.05, 3.63) is 42.2 Å². The van der Waals surface area contributed by atoms with Crippen molar-refractivity contribution in [1.29, 1.82) is 0 Å². The highest BCUT2D eigenvalue weighted by Crippen LogP contribution is 2.48. The molecule has 2 aromatic heterocycles. The summed E-state index contributed by atoms with van der Waals surface area (Å²) < 4.78 is 43.7. The molecular formula is C31H45ClN7O9PS. The third-order valence-corrected chi connectivity index (χ3v) is 11.0. The molecule has 1 fully saturated rings. The molecule has 0 saturated carbocycles. The van der Waals surface area contributed by atoms with Gasteiger partial charge in [-0.05, 0) is 32.8 Å². The molecule has 1 aliphatic heterocycles. The number of alkyl carbamates (subject to hydrolysis) is 1. The number of carbonyl (C=O) groups excluding carboxylic acids is 2. The molecule has 0 bridgehead atoms. The number of aliphatic hydroxyl groups is 1. The van der Waals surface area contributed by atoms with E-state index in [9.17, 15) is 19.3 Å². The van der Waals surface area contributed by atoms with Gasteiger partial charge in [0.05, 0.1) is 32.8 Å². The number of anilines is 1. The van der Waals surface area contributed by atoms with E-state index in [2.05, 4.69) is 25.4 Å². The summed E-state index contributed by atoms with van der Waals surface area (Å²) in [5, 5.41) is 16.6. The quantitative estimate of drug-likeness (QED) is 0.0804. The van der Waals surface area contributed by atoms with E-state index in [-0.39, 0.29) is 61.3 Å². The van der Waals surface area contributed by atoms with E-state index < -0.39 is 42.6 Å². The molecule has 16 nitrogen and oxygen atoms in total. The maximum absolute atomic E-state index is 14.0. The fraction of sp³-hybridized carbons (Fsp3) is 0.581. The van der Waals surface area contributed by atoms with Gasteiger partial charge in [0.15, 0.2) is 22.5 Å². The Hall–Kier alpha value is -3.02. The number of nitrogens with one attached hydrogen (secondary N) is 2. The molecular weight excluding hydrogens is 713 g/mol. The number of rotatable bonds is 18. The second kappa shape index (κ2) is 17.5. The van der Waals surface area contributed by atoms with Gasteiger partial charge in [0.1, 0.15) is 17.1 Å². The molecule has 3 aromatic rings. The Kier molecular flexibility index (Phi) is 13.9. The fourth-order valence-electron chi connectivity index (χ4n) is 5.00. The minimum atomic E-state index is -4.02. The molecule has 19 heteroatoms. The Morgan fingerprint density at radius 2 is 1.94 bits per heavy atom. The smallest absolute Gasteiger partial charge is 0.407 e. The van der Waals surface area contributed by atoms with Crippen molar-refractivity contribution < 1.29 is 42.5 Å². The lowest BCUT2D eigenvalue weighted by molar-refractivity contribution is -0.118. The number of nitrogen functional groups attached to an aromatic ring is 1. The average molecular weight is 758 g/mol. The summed E-state index contributed by atoms with van der Waals surface area (Å²) in [5.41, 5.74) is 6.62. The average Bonchev–Trinajstić information content (AvgIpc) is 3.58. The van der Waals surface area contributed by atoms with E-state index in [1.54, 1.807) is 34.6 Å². The molecule has 3 heterocycles. The van der Waals surface area contributed by atoms with Crippen LogP contribution in [0.1, 0.15) is 52.8 Å². The lowest BCUT2D eigenvalue weighted by Gasteiger charge is -2.26. The van der Waals surface area contributed by atoms with Crippen LogP contribution in [0, 0.1) is 5.41 Å². The van der Waals surface area contributed by atoms with Gasteiger partial charge in [-0.25, -0.2) is 19.4 Å². The molecule has 4 rings (SSSR count). The van der Waals surface area contributed by atoms with E-state index >= 15 is 0 Å². The molecule has 5 N–H and O–H groups in total. The van der Waals surface area contributed by atoms with Gasteiger partial charge >= 0.3 is 13.8 Å². The molecule has 276 valence electrons. The van der Waals surface area contributed by atoms with Gasteiger partial charge in [-0.3, -0.25) is 18.4 Å². The fourth-order valence-corrected chi connectivity index (χ4v) is 7.57. The molecule has 1 aromatic carbocycles. The lowest BCUT2D eigenvalue weighted by Crippen LogP contribution is -2.40. The zero-order valence-electron chi connectivity index (χ0n) is 28.7. The highest BCUT2D eigenvalue weighted by Gasteiger charge is 2.54. The van der Waals surface area contributed by atoms with Crippen molar-refractivity contribution in [2.24, 2.45) is 5.41 Å². The monoisotopic (exact) mass is 757 g/mol. The minimum absolute atomic E-state index is 0.0468. The maximum Gasteiger partial charge on any atom is 0.407 e. The maximum atomic E-state index is 14.0. The van der Waals surface area contributed by atoms with Crippen LogP contribution in [-0.4, -0.2) is 91.6 Å². The number of hydrogen-bond acceptors (Lipinski definition) is 14. The SMILES string of the molecule is CCOC(=O)NCCC(C)(C)C(=O)SCCO[P@@](=O)(NCc1ccccc1)OC[C@H]1O[C@@H](n2cnc3c(OCC)nc(N)nc32)[C@](C)(Cl)[C@@H]1O. The highest BCUT2D eigenvalue weighted by atomic mass is 35.5. The third kappa shape index (κ3) is 10.1. The van der Waals surface area contributed by atoms with Gasteiger partial charge < -0.3 is 30.4 Å². The number of aromatic nitrogens is 4. The first-order chi connectivity index (χ1) is 23.7. The molecule has 1 saturated heterocycles. The van der Waals surface area contributed by atoms with Crippen molar-refractivity contribution in [1.82, 2.24) is 29.9 Å². The molecule has 0 unspecified atom stereocenters. The number of ether oxygens (including phenoxy) is 3. The summed E-state index contributed by atoms with van der Waals surface area (Å²) in [7, 11) is -4.02. The first kappa shape index (κ1) is 39.8. The number of halogens is 1. The molecule has 5 atom stereocenters. The van der Waals surface area contributed by atoms with Crippen LogP contribution >= 0.6 is 31.1 Å². The van der Waals surface area contributed by atoms with Gasteiger partial charge in [0, 0.05) is 24.3 Å². The number of fused-ring (bicyclic) bond motifs is 1. The predicted molar refractivity (Wildman–Crippen MR) is 189 cm³/mol. The number of nitrogens with two attached hydrogens (primary N) is 1. The predicted octanol–water partition coefficient (Wildman–Crippen LogP) is 4.42. The summed E-state index contributed by atoms with van der Waals surface area (Å²) in [4.78, 5) is 35.9. The van der Waals surface area contributed by atoms with Gasteiger partial charge in [-0.15, -0.1) is 11.6 Å². The van der Waals surface area contributed by atoms with E-state index in [0.717, 1.165) is 17.3 Å². The first-order valence-electron chi connectivity index (χ1n) is 16.1. The second-order valence-corrected chi connectivity index (χ2v) is 15.8. The summed E-state index contributed by atoms with van der Waals surface area (Å²) in [6.07, 6.45) is -2.02. The Morgan fingerprint density at radius 1 is 1.20 bits per heavy atom. The summed E-state index contributed by atoms with van der Waals surface area (Å²) in [5.74, 6) is 0.329. The third-order valence-electron chi connectivity index (χ3n) is 7.81. The van der Waals surface area contributed by atoms with Gasteiger partial charge in [-0.2, -0.15) is 9.97 Å². The summed E-state index contributed by atoms with van der Waals surface area (Å²) >= 11 is 7.89. The van der Waals surface area contributed by atoms with Crippen molar-refractivity contribution in [3.8, 4) is 5.88 Å². The van der Waals surface area contributed by atoms with Crippen LogP contribution in [0.15, 0.2) is 36.7 Å². The number of aliphatic hydroxyl groups excluding tert-OH is 1. The number of amides is 1. The zero-order valence-corrected chi connectivity index (χ0v) is 31.1. The van der Waals surface area contributed by atoms with Crippen LogP contribution in [0.5, 0.6) is 5.88 Å². The van der Waals surface area contributed by atoms with Crippen LogP contribution in [-0.2, 0) is 34.4 Å². The standard InChI is InChI=1S/C31H45ClN7O9PS/c1-6-44-25-22-24(37-28(33)38-25)39(19-35-22)26-31(5,32)23(40)21(48-26)18-47-49(43,36-17-20-11-9-8-10-12-20)46-15-16-50-27(41)30(3,4)13-14-34-29(42)45-7-2/h8-12,19,21,23,26,40H,6-7,13-18H2,1-5H3,(H,34,42)(H,36,43)(H2,33,37,38)/t21-,23-,26-,31-,49+/m1/s1. The van der Waals surface area contributed by atoms with Crippen LogP contribution < -0.4 is 20.9 Å². The van der Waals surface area contributed by atoms with Gasteiger partial charge in [-0.1, -0.05) is 55.9 Å². The Morgan fingerprint density at radius 3 is 2.64 bits per heavy atom. The summed E-state index contributed by atoms with van der Waals surface area (Å²) in [6, 6.07) is 9.24. The topological polar surface area (TPSA) is 211 Å². The number of imidazole rings is 1. The molecule has 1 aliphatic rings. The molecule has 1 amide bonds. The minimum Gasteiger partial charge on any atom is -0.476 e.